The zero-order valence-electron chi connectivity index (χ0n) is 16.0. The first-order chi connectivity index (χ1) is 11.7. The van der Waals surface area contributed by atoms with Crippen molar-refractivity contribution in [1.82, 2.24) is 0 Å². The minimum absolute atomic E-state index is 0.377. The number of benzene rings is 1. The van der Waals surface area contributed by atoms with Gasteiger partial charge in [0.15, 0.2) is 0 Å². The zero-order chi connectivity index (χ0) is 18.2. The molecular weight excluding hydrogens is 304 g/mol. The lowest BCUT2D eigenvalue weighted by Gasteiger charge is -2.11. The monoisotopic (exact) mass is 338 g/mol. The van der Waals surface area contributed by atoms with Crippen molar-refractivity contribution in [2.24, 2.45) is 0 Å². The predicted molar refractivity (Wildman–Crippen MR) is 99.2 cm³/mol. The maximum Gasteiger partial charge on any atom is 0.338 e. The Morgan fingerprint density at radius 3 is 1.67 bits per heavy atom. The summed E-state index contributed by atoms with van der Waals surface area (Å²) in [4.78, 5) is 11.7. The standard InChI is InChI=1S/C18H28O4.C2H6/c1-4-6-8-10-21-16-12-15(18(19)20-3)13-17(14-16)22-11-9-7-5-2;1-2/h12-14H,4-11H2,1-3H3;1-2H3. The molecule has 0 fully saturated rings. The van der Waals surface area contributed by atoms with Gasteiger partial charge in [-0.05, 0) is 25.0 Å². The summed E-state index contributed by atoms with van der Waals surface area (Å²) >= 11 is 0. The van der Waals surface area contributed by atoms with Crippen LogP contribution in [0.15, 0.2) is 18.2 Å². The lowest BCUT2D eigenvalue weighted by molar-refractivity contribution is 0.0599. The Balaban J connectivity index is 0.00000254. The SMILES string of the molecule is CC.CCCCCOc1cc(OCCCCC)cc(C(=O)OC)c1. The van der Waals surface area contributed by atoms with Gasteiger partial charge in [0.05, 0.1) is 25.9 Å². The molecule has 0 aliphatic rings. The molecule has 4 heteroatoms. The van der Waals surface area contributed by atoms with Crippen molar-refractivity contribution >= 4 is 5.97 Å². The van der Waals surface area contributed by atoms with Gasteiger partial charge < -0.3 is 14.2 Å². The second-order valence-corrected chi connectivity index (χ2v) is 5.30. The number of unbranched alkanes of at least 4 members (excludes halogenated alkanes) is 4. The molecule has 0 atom stereocenters. The largest absolute Gasteiger partial charge is 0.493 e. The van der Waals surface area contributed by atoms with E-state index in [0.29, 0.717) is 30.3 Å². The maximum atomic E-state index is 11.7. The Morgan fingerprint density at radius 2 is 1.29 bits per heavy atom. The summed E-state index contributed by atoms with van der Waals surface area (Å²) in [5, 5.41) is 0. The van der Waals surface area contributed by atoms with E-state index in [4.69, 9.17) is 14.2 Å². The lowest BCUT2D eigenvalue weighted by atomic mass is 10.2. The lowest BCUT2D eigenvalue weighted by Crippen LogP contribution is -2.05. The van der Waals surface area contributed by atoms with Gasteiger partial charge in [0, 0.05) is 6.07 Å². The number of hydrogen-bond donors (Lipinski definition) is 0. The number of methoxy groups -OCH3 is 1. The predicted octanol–water partition coefficient (Wildman–Crippen LogP) is 5.64. The van der Waals surface area contributed by atoms with Crippen molar-refractivity contribution < 1.29 is 19.0 Å². The van der Waals surface area contributed by atoms with Gasteiger partial charge in [0.2, 0.25) is 0 Å². The first-order valence-corrected chi connectivity index (χ1v) is 9.20. The third kappa shape index (κ3) is 9.43. The average Bonchev–Trinajstić information content (AvgIpc) is 2.63. The highest BCUT2D eigenvalue weighted by Gasteiger charge is 2.10. The van der Waals surface area contributed by atoms with Crippen molar-refractivity contribution in [3.63, 3.8) is 0 Å². The Hall–Kier alpha value is -1.71. The van der Waals surface area contributed by atoms with Crippen molar-refractivity contribution in [1.29, 1.82) is 0 Å². The smallest absolute Gasteiger partial charge is 0.338 e. The molecule has 0 N–H and O–H groups in total. The normalized spacial score (nSPS) is 9.71. The Bertz CT molecular complexity index is 413. The fraction of sp³-hybridized carbons (Fsp3) is 0.650. The van der Waals surface area contributed by atoms with E-state index in [1.165, 1.54) is 7.11 Å². The fourth-order valence-corrected chi connectivity index (χ4v) is 2.06. The van der Waals surface area contributed by atoms with Crippen LogP contribution in [-0.2, 0) is 4.74 Å². The van der Waals surface area contributed by atoms with Crippen LogP contribution in [-0.4, -0.2) is 26.3 Å². The summed E-state index contributed by atoms with van der Waals surface area (Å²) in [5.41, 5.74) is 0.459. The molecule has 0 unspecified atom stereocenters. The van der Waals surface area contributed by atoms with E-state index in [-0.39, 0.29) is 5.97 Å². The van der Waals surface area contributed by atoms with E-state index < -0.39 is 0 Å². The van der Waals surface area contributed by atoms with Crippen LogP contribution in [0, 0.1) is 0 Å². The average molecular weight is 338 g/mol. The van der Waals surface area contributed by atoms with Crippen LogP contribution in [0.1, 0.15) is 76.6 Å². The van der Waals surface area contributed by atoms with Gasteiger partial charge in [-0.3, -0.25) is 0 Å². The van der Waals surface area contributed by atoms with Gasteiger partial charge in [0.1, 0.15) is 11.5 Å². The van der Waals surface area contributed by atoms with Crippen LogP contribution in [0.2, 0.25) is 0 Å². The van der Waals surface area contributed by atoms with E-state index in [1.807, 2.05) is 19.9 Å². The molecule has 0 bridgehead atoms. The molecule has 0 aromatic heterocycles. The molecule has 138 valence electrons. The zero-order valence-corrected chi connectivity index (χ0v) is 16.0. The summed E-state index contributed by atoms with van der Waals surface area (Å²) in [7, 11) is 1.37. The van der Waals surface area contributed by atoms with Crippen LogP contribution < -0.4 is 9.47 Å². The number of esters is 1. The van der Waals surface area contributed by atoms with Gasteiger partial charge in [-0.25, -0.2) is 4.79 Å². The highest BCUT2D eigenvalue weighted by Crippen LogP contribution is 2.24. The van der Waals surface area contributed by atoms with E-state index in [1.54, 1.807) is 12.1 Å². The van der Waals surface area contributed by atoms with E-state index >= 15 is 0 Å². The topological polar surface area (TPSA) is 44.8 Å². The molecule has 0 amide bonds. The molecule has 24 heavy (non-hydrogen) atoms. The molecular formula is C20H34O4. The minimum Gasteiger partial charge on any atom is -0.493 e. The quantitative estimate of drug-likeness (QED) is 0.387. The van der Waals surface area contributed by atoms with Crippen molar-refractivity contribution in [3.05, 3.63) is 23.8 Å². The molecule has 0 saturated carbocycles. The maximum absolute atomic E-state index is 11.7. The van der Waals surface area contributed by atoms with Crippen molar-refractivity contribution in [2.75, 3.05) is 20.3 Å². The van der Waals surface area contributed by atoms with Gasteiger partial charge >= 0.3 is 5.97 Å². The van der Waals surface area contributed by atoms with Gasteiger partial charge in [-0.1, -0.05) is 53.4 Å². The summed E-state index contributed by atoms with van der Waals surface area (Å²) in [5.74, 6) is 0.936. The number of carbonyl (C=O) groups is 1. The van der Waals surface area contributed by atoms with E-state index in [2.05, 4.69) is 13.8 Å². The molecule has 0 saturated heterocycles. The Kier molecular flexibility index (Phi) is 13.8. The molecule has 1 aromatic rings. The van der Waals surface area contributed by atoms with Gasteiger partial charge in [-0.15, -0.1) is 0 Å². The highest BCUT2D eigenvalue weighted by molar-refractivity contribution is 5.90. The first-order valence-electron chi connectivity index (χ1n) is 9.20. The molecule has 1 rings (SSSR count). The minimum atomic E-state index is -0.377. The molecule has 1 aromatic carbocycles. The van der Waals surface area contributed by atoms with Crippen LogP contribution in [0.25, 0.3) is 0 Å². The molecule has 0 radical (unpaired) electrons. The van der Waals surface area contributed by atoms with Crippen molar-refractivity contribution in [3.8, 4) is 11.5 Å². The molecule has 0 aliphatic heterocycles. The van der Waals surface area contributed by atoms with E-state index in [0.717, 1.165) is 38.5 Å². The number of ether oxygens (including phenoxy) is 3. The third-order valence-electron chi connectivity index (χ3n) is 3.33. The van der Waals surface area contributed by atoms with Crippen LogP contribution in [0.4, 0.5) is 0 Å². The van der Waals surface area contributed by atoms with Gasteiger partial charge in [-0.2, -0.15) is 0 Å². The van der Waals surface area contributed by atoms with Crippen LogP contribution in [0.5, 0.6) is 11.5 Å². The van der Waals surface area contributed by atoms with Crippen LogP contribution >= 0.6 is 0 Å². The number of carbonyl (C=O) groups excluding carboxylic acids is 1. The second kappa shape index (κ2) is 14.9. The van der Waals surface area contributed by atoms with Crippen molar-refractivity contribution in [2.45, 2.75) is 66.2 Å². The molecule has 0 aliphatic carbocycles. The summed E-state index contributed by atoms with van der Waals surface area (Å²) in [6, 6.07) is 5.25. The highest BCUT2D eigenvalue weighted by atomic mass is 16.5. The first kappa shape index (κ1) is 22.3. The number of hydrogen-bond acceptors (Lipinski definition) is 4. The molecule has 4 nitrogen and oxygen atoms in total. The summed E-state index contributed by atoms with van der Waals surface area (Å²) < 4.78 is 16.2. The Labute approximate surface area is 147 Å². The fourth-order valence-electron chi connectivity index (χ4n) is 2.06. The summed E-state index contributed by atoms with van der Waals surface area (Å²) in [6.07, 6.45) is 6.58. The molecule has 0 heterocycles. The third-order valence-corrected chi connectivity index (χ3v) is 3.33. The Morgan fingerprint density at radius 1 is 0.833 bits per heavy atom. The second-order valence-electron chi connectivity index (χ2n) is 5.30. The van der Waals surface area contributed by atoms with Crippen LogP contribution in [0.3, 0.4) is 0 Å². The number of rotatable bonds is 11. The summed E-state index contributed by atoms with van der Waals surface area (Å²) in [6.45, 7) is 9.60. The van der Waals surface area contributed by atoms with Gasteiger partial charge in [0.25, 0.3) is 0 Å². The van der Waals surface area contributed by atoms with E-state index in [9.17, 15) is 4.79 Å². The molecule has 0 spiro atoms.